The van der Waals surface area contributed by atoms with E-state index in [1.165, 1.54) is 4.90 Å². The summed E-state index contributed by atoms with van der Waals surface area (Å²) in [7, 11) is 0. The lowest BCUT2D eigenvalue weighted by Gasteiger charge is -2.36. The maximum Gasteiger partial charge on any atom is 0.282 e. The minimum atomic E-state index is -0.100. The molecule has 0 bridgehead atoms. The van der Waals surface area contributed by atoms with Crippen LogP contribution in [-0.2, 0) is 4.79 Å². The first-order valence-corrected chi connectivity index (χ1v) is 8.38. The molecule has 1 saturated heterocycles. The minimum Gasteiger partial charge on any atom is -0.506 e. The van der Waals surface area contributed by atoms with Crippen LogP contribution < -0.4 is 15.1 Å². The molecule has 126 valence electrons. The number of nitrogens with zero attached hydrogens (tertiary/aromatic N) is 1. The summed E-state index contributed by atoms with van der Waals surface area (Å²) in [6, 6.07) is 16.9. The molecule has 0 spiro atoms. The van der Waals surface area contributed by atoms with Crippen molar-refractivity contribution in [1.29, 1.82) is 0 Å². The first-order valence-electron chi connectivity index (χ1n) is 8.38. The lowest BCUT2D eigenvalue weighted by molar-refractivity contribution is -0.914. The number of phenolic OH excluding ortho intramolecular Hbond substituents is 1. The Labute approximate surface area is 142 Å². The van der Waals surface area contributed by atoms with Crippen molar-refractivity contribution >= 4 is 17.3 Å². The van der Waals surface area contributed by atoms with Gasteiger partial charge in [0.25, 0.3) is 5.91 Å². The van der Waals surface area contributed by atoms with E-state index in [-0.39, 0.29) is 11.9 Å². The standard InChI is InChI=1S/C19H23N3O2/c1-15(19(24)20-16-7-3-2-4-8-16)21-11-13-22(14-12-21)17-9-5-6-10-18(17)23/h2-10,15,23H,11-14H2,1H3,(H,20,24)/p+1/t15-/m1/s1. The summed E-state index contributed by atoms with van der Waals surface area (Å²) in [5.74, 6) is 0.364. The van der Waals surface area contributed by atoms with Crippen LogP contribution in [0.15, 0.2) is 54.6 Å². The minimum absolute atomic E-state index is 0.0483. The second kappa shape index (κ2) is 7.36. The van der Waals surface area contributed by atoms with Gasteiger partial charge in [-0.2, -0.15) is 0 Å². The van der Waals surface area contributed by atoms with Crippen molar-refractivity contribution in [2.75, 3.05) is 36.4 Å². The van der Waals surface area contributed by atoms with Crippen LogP contribution in [0.1, 0.15) is 6.92 Å². The fraction of sp³-hybridized carbons (Fsp3) is 0.316. The van der Waals surface area contributed by atoms with Gasteiger partial charge in [-0.15, -0.1) is 0 Å². The molecule has 0 saturated carbocycles. The second-order valence-corrected chi connectivity index (χ2v) is 6.21. The molecule has 1 fully saturated rings. The molecule has 24 heavy (non-hydrogen) atoms. The maximum absolute atomic E-state index is 12.4. The van der Waals surface area contributed by atoms with Crippen molar-refractivity contribution in [2.45, 2.75) is 13.0 Å². The number of hydrogen-bond donors (Lipinski definition) is 3. The number of aromatic hydroxyl groups is 1. The van der Waals surface area contributed by atoms with E-state index < -0.39 is 0 Å². The van der Waals surface area contributed by atoms with Crippen molar-refractivity contribution < 1.29 is 14.8 Å². The normalized spacial score (nSPS) is 16.6. The van der Waals surface area contributed by atoms with Crippen LogP contribution in [0.5, 0.6) is 5.75 Å². The summed E-state index contributed by atoms with van der Waals surface area (Å²) in [6.07, 6.45) is 0. The molecule has 1 heterocycles. The molecular weight excluding hydrogens is 302 g/mol. The molecule has 5 nitrogen and oxygen atoms in total. The van der Waals surface area contributed by atoms with Gasteiger partial charge < -0.3 is 20.2 Å². The smallest absolute Gasteiger partial charge is 0.282 e. The summed E-state index contributed by atoms with van der Waals surface area (Å²) in [5, 5.41) is 13.0. The van der Waals surface area contributed by atoms with Gasteiger partial charge in [0, 0.05) is 5.69 Å². The molecule has 1 atom stereocenters. The third kappa shape index (κ3) is 3.68. The first kappa shape index (κ1) is 16.3. The Bertz CT molecular complexity index is 682. The SMILES string of the molecule is C[C@H](C(=O)Nc1ccccc1)[NH+]1CCN(c2ccccc2O)CC1. The second-order valence-electron chi connectivity index (χ2n) is 6.21. The van der Waals surface area contributed by atoms with E-state index in [9.17, 15) is 9.90 Å². The summed E-state index contributed by atoms with van der Waals surface area (Å²) in [6.45, 7) is 5.38. The molecule has 2 aromatic carbocycles. The summed E-state index contributed by atoms with van der Waals surface area (Å²) in [4.78, 5) is 15.9. The average molecular weight is 326 g/mol. The number of amides is 1. The van der Waals surface area contributed by atoms with Gasteiger partial charge in [0.1, 0.15) is 5.75 Å². The largest absolute Gasteiger partial charge is 0.506 e. The molecule has 1 aliphatic rings. The molecule has 0 aliphatic carbocycles. The number of quaternary nitrogens is 1. The quantitative estimate of drug-likeness (QED) is 0.789. The third-order valence-electron chi connectivity index (χ3n) is 4.68. The Morgan fingerprint density at radius 2 is 1.71 bits per heavy atom. The van der Waals surface area contributed by atoms with Crippen molar-refractivity contribution in [2.24, 2.45) is 0 Å². The highest BCUT2D eigenvalue weighted by molar-refractivity contribution is 5.93. The predicted octanol–water partition coefficient (Wildman–Crippen LogP) is 1.12. The van der Waals surface area contributed by atoms with Crippen LogP contribution in [0, 0.1) is 0 Å². The zero-order valence-electron chi connectivity index (χ0n) is 13.9. The Kier molecular flexibility index (Phi) is 5.01. The van der Waals surface area contributed by atoms with E-state index in [1.54, 1.807) is 6.07 Å². The van der Waals surface area contributed by atoms with Crippen LogP contribution in [0.25, 0.3) is 0 Å². The Morgan fingerprint density at radius 1 is 1.08 bits per heavy atom. The van der Waals surface area contributed by atoms with Crippen LogP contribution in [0.2, 0.25) is 0 Å². The molecule has 1 amide bonds. The number of carbonyl (C=O) groups is 1. The van der Waals surface area contributed by atoms with Gasteiger partial charge in [-0.05, 0) is 31.2 Å². The van der Waals surface area contributed by atoms with Crippen molar-refractivity contribution in [3.05, 3.63) is 54.6 Å². The molecular formula is C19H24N3O2+. The molecule has 0 aromatic heterocycles. The first-order chi connectivity index (χ1) is 11.6. The molecule has 5 heteroatoms. The topological polar surface area (TPSA) is 57.0 Å². The number of nitrogens with one attached hydrogen (secondary N) is 2. The van der Waals surface area contributed by atoms with Gasteiger partial charge >= 0.3 is 0 Å². The highest BCUT2D eigenvalue weighted by atomic mass is 16.3. The van der Waals surface area contributed by atoms with Crippen LogP contribution in [0.3, 0.4) is 0 Å². The number of phenols is 1. The van der Waals surface area contributed by atoms with Gasteiger partial charge in [0.15, 0.2) is 6.04 Å². The van der Waals surface area contributed by atoms with E-state index in [2.05, 4.69) is 10.2 Å². The third-order valence-corrected chi connectivity index (χ3v) is 4.68. The Hall–Kier alpha value is -2.53. The van der Waals surface area contributed by atoms with Crippen molar-refractivity contribution in [1.82, 2.24) is 0 Å². The van der Waals surface area contributed by atoms with Gasteiger partial charge in [-0.1, -0.05) is 30.3 Å². The molecule has 3 rings (SSSR count). The fourth-order valence-corrected chi connectivity index (χ4v) is 3.16. The number of para-hydroxylation sites is 3. The molecule has 2 aromatic rings. The fourth-order valence-electron chi connectivity index (χ4n) is 3.16. The Balaban J connectivity index is 1.56. The average Bonchev–Trinajstić information content (AvgIpc) is 2.62. The zero-order chi connectivity index (χ0) is 16.9. The summed E-state index contributed by atoms with van der Waals surface area (Å²) < 4.78 is 0. The number of rotatable bonds is 4. The molecule has 1 aliphatic heterocycles. The van der Waals surface area contributed by atoms with E-state index in [0.29, 0.717) is 5.75 Å². The molecule has 3 N–H and O–H groups in total. The zero-order valence-corrected chi connectivity index (χ0v) is 13.9. The maximum atomic E-state index is 12.4. The summed E-state index contributed by atoms with van der Waals surface area (Å²) >= 11 is 0. The van der Waals surface area contributed by atoms with Crippen LogP contribution in [-0.4, -0.2) is 43.2 Å². The van der Waals surface area contributed by atoms with Gasteiger partial charge in [0.2, 0.25) is 0 Å². The van der Waals surface area contributed by atoms with E-state index in [1.807, 2.05) is 55.5 Å². The monoisotopic (exact) mass is 326 g/mol. The van der Waals surface area contributed by atoms with Gasteiger partial charge in [0.05, 0.1) is 31.9 Å². The lowest BCUT2D eigenvalue weighted by atomic mass is 10.2. The predicted molar refractivity (Wildman–Crippen MR) is 95.6 cm³/mol. The highest BCUT2D eigenvalue weighted by Gasteiger charge is 2.29. The lowest BCUT2D eigenvalue weighted by Crippen LogP contribution is -3.19. The highest BCUT2D eigenvalue weighted by Crippen LogP contribution is 2.25. The summed E-state index contributed by atoms with van der Waals surface area (Å²) in [5.41, 5.74) is 1.71. The van der Waals surface area contributed by atoms with E-state index in [4.69, 9.17) is 0 Å². The van der Waals surface area contributed by atoms with E-state index in [0.717, 1.165) is 37.6 Å². The number of carbonyl (C=O) groups excluding carboxylic acids is 1. The number of anilines is 2. The number of benzene rings is 2. The Morgan fingerprint density at radius 3 is 2.38 bits per heavy atom. The number of piperazine rings is 1. The van der Waals surface area contributed by atoms with Gasteiger partial charge in [-0.3, -0.25) is 4.79 Å². The van der Waals surface area contributed by atoms with Crippen LogP contribution in [0.4, 0.5) is 11.4 Å². The van der Waals surface area contributed by atoms with Crippen molar-refractivity contribution in [3.8, 4) is 5.75 Å². The molecule has 0 radical (unpaired) electrons. The van der Waals surface area contributed by atoms with Crippen LogP contribution >= 0.6 is 0 Å². The van der Waals surface area contributed by atoms with Gasteiger partial charge in [-0.25, -0.2) is 0 Å². The van der Waals surface area contributed by atoms with Crippen molar-refractivity contribution in [3.63, 3.8) is 0 Å². The number of hydrogen-bond acceptors (Lipinski definition) is 3. The molecule has 0 unspecified atom stereocenters. The van der Waals surface area contributed by atoms with E-state index >= 15 is 0 Å².